The molecule has 0 aromatic heterocycles. The maximum absolute atomic E-state index is 12.6. The van der Waals surface area contributed by atoms with Gasteiger partial charge in [0.1, 0.15) is 0 Å². The van der Waals surface area contributed by atoms with Crippen LogP contribution >= 0.6 is 0 Å². The average Bonchev–Trinajstić information content (AvgIpc) is 3.38. The highest BCUT2D eigenvalue weighted by atomic mass is 16.2. The van der Waals surface area contributed by atoms with E-state index in [-0.39, 0.29) is 17.9 Å². The second-order valence-electron chi connectivity index (χ2n) is 8.52. The van der Waals surface area contributed by atoms with Gasteiger partial charge in [-0.1, -0.05) is 13.8 Å². The summed E-state index contributed by atoms with van der Waals surface area (Å²) in [5, 5.41) is 3.09. The Balaban J connectivity index is 1.41. The van der Waals surface area contributed by atoms with E-state index in [0.29, 0.717) is 24.4 Å². The van der Waals surface area contributed by atoms with Crippen LogP contribution < -0.4 is 5.32 Å². The Kier molecular flexibility index (Phi) is 6.00. The highest BCUT2D eigenvalue weighted by Crippen LogP contribution is 2.21. The maximum atomic E-state index is 12.6. The van der Waals surface area contributed by atoms with Crippen molar-refractivity contribution in [2.75, 3.05) is 45.8 Å². The fourth-order valence-corrected chi connectivity index (χ4v) is 4.18. The molecule has 2 saturated heterocycles. The fraction of sp³-hybridized carbons (Fsp3) is 0.895. The summed E-state index contributed by atoms with van der Waals surface area (Å²) >= 11 is 0. The zero-order chi connectivity index (χ0) is 18.0. The lowest BCUT2D eigenvalue weighted by Gasteiger charge is -2.39. The number of nitrogens with one attached hydrogen (secondary N) is 1. The molecule has 6 heteroatoms. The summed E-state index contributed by atoms with van der Waals surface area (Å²) in [5.41, 5.74) is 0. The molecule has 3 atom stereocenters. The first-order valence-corrected chi connectivity index (χ1v) is 9.97. The van der Waals surface area contributed by atoms with Gasteiger partial charge in [-0.25, -0.2) is 0 Å². The van der Waals surface area contributed by atoms with E-state index < -0.39 is 0 Å². The topological polar surface area (TPSA) is 55.9 Å². The summed E-state index contributed by atoms with van der Waals surface area (Å²) in [4.78, 5) is 31.3. The van der Waals surface area contributed by atoms with Crippen molar-refractivity contribution >= 4 is 11.8 Å². The summed E-state index contributed by atoms with van der Waals surface area (Å²) in [6, 6.07) is 0.352. The molecule has 3 rings (SSSR count). The van der Waals surface area contributed by atoms with Crippen LogP contribution in [0.2, 0.25) is 0 Å². The van der Waals surface area contributed by atoms with E-state index in [1.54, 1.807) is 0 Å². The standard InChI is InChI=1S/C19H34N4O2/c1-14-10-15(2)12-23(11-14)18(24)13-21-6-8-22(9-7-21)16(3)19(25)20-17-4-5-17/h14-17H,4-13H2,1-3H3,(H,20,25). The molecule has 0 bridgehead atoms. The molecule has 0 radical (unpaired) electrons. The van der Waals surface area contributed by atoms with Crippen LogP contribution in [0.5, 0.6) is 0 Å². The third-order valence-electron chi connectivity index (χ3n) is 5.84. The summed E-state index contributed by atoms with van der Waals surface area (Å²) in [6.07, 6.45) is 3.48. The van der Waals surface area contributed by atoms with Gasteiger partial charge in [0.25, 0.3) is 0 Å². The van der Waals surface area contributed by atoms with Crippen LogP contribution in [0.15, 0.2) is 0 Å². The molecule has 2 heterocycles. The third-order valence-corrected chi connectivity index (χ3v) is 5.84. The fourth-order valence-electron chi connectivity index (χ4n) is 4.18. The largest absolute Gasteiger partial charge is 0.352 e. The van der Waals surface area contributed by atoms with Gasteiger partial charge in [-0.3, -0.25) is 19.4 Å². The molecular weight excluding hydrogens is 316 g/mol. The van der Waals surface area contributed by atoms with E-state index in [4.69, 9.17) is 0 Å². The van der Waals surface area contributed by atoms with Crippen LogP contribution in [-0.4, -0.2) is 84.4 Å². The van der Waals surface area contributed by atoms with Gasteiger partial charge >= 0.3 is 0 Å². The van der Waals surface area contributed by atoms with Crippen molar-refractivity contribution in [1.82, 2.24) is 20.0 Å². The molecule has 2 amide bonds. The van der Waals surface area contributed by atoms with E-state index in [9.17, 15) is 9.59 Å². The molecule has 142 valence electrons. The van der Waals surface area contributed by atoms with E-state index in [0.717, 1.165) is 52.1 Å². The quantitative estimate of drug-likeness (QED) is 0.796. The lowest BCUT2D eigenvalue weighted by atomic mass is 9.92. The number of hydrogen-bond acceptors (Lipinski definition) is 4. The van der Waals surface area contributed by atoms with Crippen molar-refractivity contribution in [2.45, 2.75) is 52.1 Å². The van der Waals surface area contributed by atoms with Crippen molar-refractivity contribution < 1.29 is 9.59 Å². The minimum Gasteiger partial charge on any atom is -0.352 e. The van der Waals surface area contributed by atoms with Gasteiger partial charge in [-0.2, -0.15) is 0 Å². The van der Waals surface area contributed by atoms with Crippen molar-refractivity contribution in [2.24, 2.45) is 11.8 Å². The van der Waals surface area contributed by atoms with Gasteiger partial charge in [0.05, 0.1) is 12.6 Å². The minimum atomic E-state index is -0.0674. The number of rotatable bonds is 5. The molecule has 1 saturated carbocycles. The summed E-state index contributed by atoms with van der Waals surface area (Å²) < 4.78 is 0. The smallest absolute Gasteiger partial charge is 0.237 e. The van der Waals surface area contributed by atoms with Crippen LogP contribution in [0, 0.1) is 11.8 Å². The molecule has 6 nitrogen and oxygen atoms in total. The van der Waals surface area contributed by atoms with Gasteiger partial charge in [0.15, 0.2) is 0 Å². The molecule has 1 N–H and O–H groups in total. The zero-order valence-electron chi connectivity index (χ0n) is 16.0. The van der Waals surface area contributed by atoms with Crippen LogP contribution in [0.3, 0.4) is 0 Å². The Morgan fingerprint density at radius 1 is 1.04 bits per heavy atom. The number of piperazine rings is 1. The summed E-state index contributed by atoms with van der Waals surface area (Å²) in [5.74, 6) is 1.64. The number of carbonyl (C=O) groups is 2. The van der Waals surface area contributed by atoms with Crippen molar-refractivity contribution in [3.05, 3.63) is 0 Å². The molecule has 0 spiro atoms. The average molecular weight is 351 g/mol. The number of amides is 2. The number of hydrogen-bond donors (Lipinski definition) is 1. The molecular formula is C19H34N4O2. The third kappa shape index (κ3) is 5.17. The Morgan fingerprint density at radius 2 is 1.64 bits per heavy atom. The summed E-state index contributed by atoms with van der Waals surface area (Å²) in [6.45, 7) is 12.3. The normalized spacial score (nSPS) is 30.1. The number of piperidine rings is 1. The number of likely N-dealkylation sites (tertiary alicyclic amines) is 1. The first kappa shape index (κ1) is 18.6. The van der Waals surface area contributed by atoms with Crippen LogP contribution in [-0.2, 0) is 9.59 Å². The first-order chi connectivity index (χ1) is 11.9. The Morgan fingerprint density at radius 3 is 2.20 bits per heavy atom. The molecule has 3 aliphatic rings. The van der Waals surface area contributed by atoms with Crippen molar-refractivity contribution in [3.63, 3.8) is 0 Å². The highest BCUT2D eigenvalue weighted by molar-refractivity contribution is 5.82. The lowest BCUT2D eigenvalue weighted by Crippen LogP contribution is -2.56. The van der Waals surface area contributed by atoms with Crippen LogP contribution in [0.1, 0.15) is 40.0 Å². The van der Waals surface area contributed by atoms with Crippen molar-refractivity contribution in [1.29, 1.82) is 0 Å². The van der Waals surface area contributed by atoms with Gasteiger partial charge in [0.2, 0.25) is 11.8 Å². The van der Waals surface area contributed by atoms with Gasteiger partial charge in [-0.15, -0.1) is 0 Å². The maximum Gasteiger partial charge on any atom is 0.237 e. The van der Waals surface area contributed by atoms with E-state index in [1.807, 2.05) is 6.92 Å². The first-order valence-electron chi connectivity index (χ1n) is 9.97. The minimum absolute atomic E-state index is 0.0674. The second-order valence-corrected chi connectivity index (χ2v) is 8.52. The van der Waals surface area contributed by atoms with Crippen LogP contribution in [0.25, 0.3) is 0 Å². The highest BCUT2D eigenvalue weighted by Gasteiger charge is 2.31. The molecule has 3 fully saturated rings. The Hall–Kier alpha value is -1.14. The van der Waals surface area contributed by atoms with E-state index in [2.05, 4.69) is 33.9 Å². The number of nitrogens with zero attached hydrogens (tertiary/aromatic N) is 3. The van der Waals surface area contributed by atoms with E-state index in [1.165, 1.54) is 6.42 Å². The monoisotopic (exact) mass is 350 g/mol. The SMILES string of the molecule is CC1CC(C)CN(C(=O)CN2CCN(C(C)C(=O)NC3CC3)CC2)C1. The molecule has 1 aliphatic carbocycles. The molecule has 3 unspecified atom stereocenters. The molecule has 25 heavy (non-hydrogen) atoms. The van der Waals surface area contributed by atoms with Gasteiger partial charge in [-0.05, 0) is 38.0 Å². The van der Waals surface area contributed by atoms with E-state index >= 15 is 0 Å². The Labute approximate surface area is 151 Å². The predicted octanol–water partition coefficient (Wildman–Crippen LogP) is 0.776. The lowest BCUT2D eigenvalue weighted by molar-refractivity contribution is -0.136. The second kappa shape index (κ2) is 8.04. The molecule has 0 aromatic rings. The van der Waals surface area contributed by atoms with Gasteiger partial charge in [0, 0.05) is 45.3 Å². The van der Waals surface area contributed by atoms with Gasteiger partial charge < -0.3 is 10.2 Å². The summed E-state index contributed by atoms with van der Waals surface area (Å²) in [7, 11) is 0. The zero-order valence-corrected chi connectivity index (χ0v) is 16.0. The van der Waals surface area contributed by atoms with Crippen molar-refractivity contribution in [3.8, 4) is 0 Å². The van der Waals surface area contributed by atoms with Crippen LogP contribution in [0.4, 0.5) is 0 Å². The molecule has 2 aliphatic heterocycles. The Bertz CT molecular complexity index is 476. The molecule has 0 aromatic carbocycles. The predicted molar refractivity (Wildman–Crippen MR) is 98.2 cm³/mol. The number of carbonyl (C=O) groups excluding carboxylic acids is 2.